The predicted octanol–water partition coefficient (Wildman–Crippen LogP) is -0.765. The molecule has 1 heterocycles. The van der Waals surface area contributed by atoms with Crippen molar-refractivity contribution in [3.8, 4) is 0 Å². The molecule has 13 nitrogen and oxygen atoms in total. The Morgan fingerprint density at radius 3 is 1.13 bits per heavy atom. The van der Waals surface area contributed by atoms with Crippen LogP contribution in [0, 0.1) is 0 Å². The van der Waals surface area contributed by atoms with E-state index in [-0.39, 0.29) is 87.3 Å². The Bertz CT molecular complexity index is 668. The van der Waals surface area contributed by atoms with Gasteiger partial charge in [-0.15, -0.1) is 0 Å². The molecule has 0 amide bonds. The Kier molecular flexibility index (Phi) is 19.1. The molecule has 0 aromatic rings. The van der Waals surface area contributed by atoms with Gasteiger partial charge in [-0.2, -0.15) is 0 Å². The van der Waals surface area contributed by atoms with Crippen molar-refractivity contribution in [2.24, 2.45) is 0 Å². The third-order valence-electron chi connectivity index (χ3n) is 6.02. The van der Waals surface area contributed by atoms with Gasteiger partial charge in [0.05, 0.1) is 24.2 Å². The molecule has 5 N–H and O–H groups in total. The van der Waals surface area contributed by atoms with Crippen molar-refractivity contribution in [1.82, 2.24) is 26.6 Å². The molecule has 4 atom stereocenters. The molecule has 13 heteroatoms. The van der Waals surface area contributed by atoms with Gasteiger partial charge in [-0.3, -0.25) is 19.2 Å². The second-order valence-corrected chi connectivity index (χ2v) is 9.32. The fourth-order valence-electron chi connectivity index (χ4n) is 3.51. The smallest absolute Gasteiger partial charge is 0.305 e. The maximum absolute atomic E-state index is 11.8. The zero-order chi connectivity index (χ0) is 28.9. The molecule has 1 fully saturated rings. The lowest BCUT2D eigenvalue weighted by Crippen LogP contribution is -2.53. The normalized spacial score (nSPS) is 23.5. The van der Waals surface area contributed by atoms with E-state index < -0.39 is 0 Å². The fraction of sp³-hybridized carbons (Fsp3) is 0.846. The zero-order valence-corrected chi connectivity index (χ0v) is 24.0. The van der Waals surface area contributed by atoms with Gasteiger partial charge in [-0.05, 0) is 0 Å². The first-order chi connectivity index (χ1) is 18.8. The van der Waals surface area contributed by atoms with Crippen LogP contribution in [-0.2, 0) is 38.1 Å². The molecule has 1 rings (SSSR count). The van der Waals surface area contributed by atoms with Gasteiger partial charge in [0.25, 0.3) is 0 Å². The lowest BCUT2D eigenvalue weighted by atomic mass is 10.2. The van der Waals surface area contributed by atoms with Gasteiger partial charge in [0, 0.05) is 65.0 Å². The van der Waals surface area contributed by atoms with E-state index in [1.54, 1.807) is 27.7 Å². The van der Waals surface area contributed by atoms with Crippen LogP contribution in [0.5, 0.6) is 0 Å². The molecule has 0 spiro atoms. The van der Waals surface area contributed by atoms with Crippen LogP contribution in [0.2, 0.25) is 0 Å². The SMILES string of the molecule is CCC(=O)OC[C@H]1CN[C@H](COC(=O)CC)CN[C@@H](COC(=O)CC)CN[C@H](COC(=O)CC)CNCCN1. The Labute approximate surface area is 232 Å². The van der Waals surface area contributed by atoms with E-state index in [4.69, 9.17) is 18.9 Å². The number of hydrogen-bond acceptors (Lipinski definition) is 13. The Balaban J connectivity index is 3.00. The van der Waals surface area contributed by atoms with Crippen LogP contribution in [0.4, 0.5) is 0 Å². The number of carbonyl (C=O) groups excluding carboxylic acids is 4. The zero-order valence-electron chi connectivity index (χ0n) is 24.0. The van der Waals surface area contributed by atoms with Crippen LogP contribution >= 0.6 is 0 Å². The largest absolute Gasteiger partial charge is 0.464 e. The third-order valence-corrected chi connectivity index (χ3v) is 6.02. The summed E-state index contributed by atoms with van der Waals surface area (Å²) >= 11 is 0. The molecule has 1 saturated heterocycles. The highest BCUT2D eigenvalue weighted by molar-refractivity contribution is 5.69. The van der Waals surface area contributed by atoms with E-state index in [2.05, 4.69) is 26.6 Å². The molecule has 0 bridgehead atoms. The van der Waals surface area contributed by atoms with Crippen LogP contribution in [0.1, 0.15) is 53.4 Å². The monoisotopic (exact) mass is 559 g/mol. The van der Waals surface area contributed by atoms with E-state index in [1.807, 2.05) is 0 Å². The fourth-order valence-corrected chi connectivity index (χ4v) is 3.51. The summed E-state index contributed by atoms with van der Waals surface area (Å²) in [4.78, 5) is 47.1. The summed E-state index contributed by atoms with van der Waals surface area (Å²) in [5, 5.41) is 17.0. The van der Waals surface area contributed by atoms with Crippen molar-refractivity contribution < 1.29 is 38.1 Å². The van der Waals surface area contributed by atoms with Gasteiger partial charge in [0.2, 0.25) is 0 Å². The maximum atomic E-state index is 11.8. The van der Waals surface area contributed by atoms with Crippen LogP contribution < -0.4 is 26.6 Å². The molecule has 0 aliphatic carbocycles. The second-order valence-electron chi connectivity index (χ2n) is 9.32. The molecule has 39 heavy (non-hydrogen) atoms. The van der Waals surface area contributed by atoms with E-state index in [1.165, 1.54) is 0 Å². The Hall–Kier alpha value is -2.32. The Morgan fingerprint density at radius 1 is 0.487 bits per heavy atom. The minimum Gasteiger partial charge on any atom is -0.464 e. The second kappa shape index (κ2) is 21.5. The molecule has 0 aromatic heterocycles. The van der Waals surface area contributed by atoms with Gasteiger partial charge in [0.1, 0.15) is 26.4 Å². The van der Waals surface area contributed by atoms with Crippen molar-refractivity contribution in [2.45, 2.75) is 77.5 Å². The highest BCUT2D eigenvalue weighted by atomic mass is 16.5. The number of esters is 4. The third kappa shape index (κ3) is 17.1. The number of ether oxygens (including phenoxy) is 4. The average molecular weight is 560 g/mol. The minimum atomic E-state index is -0.301. The summed E-state index contributed by atoms with van der Waals surface area (Å²) in [6.45, 7) is 10.8. The molecule has 1 aliphatic rings. The number of carbonyl (C=O) groups is 4. The van der Waals surface area contributed by atoms with Crippen LogP contribution in [0.15, 0.2) is 0 Å². The number of hydrogen-bond donors (Lipinski definition) is 5. The van der Waals surface area contributed by atoms with Gasteiger partial charge in [-0.1, -0.05) is 27.7 Å². The first-order valence-corrected chi connectivity index (χ1v) is 14.1. The van der Waals surface area contributed by atoms with Gasteiger partial charge < -0.3 is 45.5 Å². The van der Waals surface area contributed by atoms with E-state index in [9.17, 15) is 19.2 Å². The molecule has 0 radical (unpaired) electrons. The predicted molar refractivity (Wildman–Crippen MR) is 145 cm³/mol. The summed E-state index contributed by atoms with van der Waals surface area (Å²) in [6, 6.07) is -0.837. The quantitative estimate of drug-likeness (QED) is 0.150. The first-order valence-electron chi connectivity index (χ1n) is 14.1. The van der Waals surface area contributed by atoms with Crippen LogP contribution in [0.3, 0.4) is 0 Å². The molecule has 1 aliphatic heterocycles. The summed E-state index contributed by atoms with van der Waals surface area (Å²) in [5.41, 5.74) is 0. The molecule has 0 aromatic carbocycles. The van der Waals surface area contributed by atoms with Gasteiger partial charge in [0.15, 0.2) is 0 Å². The number of nitrogens with one attached hydrogen (secondary N) is 5. The Morgan fingerprint density at radius 2 is 0.795 bits per heavy atom. The van der Waals surface area contributed by atoms with E-state index in [0.29, 0.717) is 52.1 Å². The average Bonchev–Trinajstić information content (AvgIpc) is 2.96. The maximum Gasteiger partial charge on any atom is 0.305 e. The van der Waals surface area contributed by atoms with E-state index in [0.717, 1.165) is 0 Å². The van der Waals surface area contributed by atoms with Crippen molar-refractivity contribution in [1.29, 1.82) is 0 Å². The summed E-state index contributed by atoms with van der Waals surface area (Å²) < 4.78 is 21.5. The lowest BCUT2D eigenvalue weighted by molar-refractivity contribution is -0.145. The lowest BCUT2D eigenvalue weighted by Gasteiger charge is -2.27. The van der Waals surface area contributed by atoms with Crippen LogP contribution in [0.25, 0.3) is 0 Å². The van der Waals surface area contributed by atoms with Crippen molar-refractivity contribution in [2.75, 3.05) is 65.7 Å². The molecular formula is C26H49N5O8. The van der Waals surface area contributed by atoms with Crippen LogP contribution in [-0.4, -0.2) is 114 Å². The topological polar surface area (TPSA) is 165 Å². The van der Waals surface area contributed by atoms with Gasteiger partial charge >= 0.3 is 23.9 Å². The molecule has 0 unspecified atom stereocenters. The summed E-state index contributed by atoms with van der Waals surface area (Å²) in [6.07, 6.45) is 1.13. The summed E-state index contributed by atoms with van der Waals surface area (Å²) in [5.74, 6) is -1.16. The van der Waals surface area contributed by atoms with Crippen molar-refractivity contribution in [3.63, 3.8) is 0 Å². The van der Waals surface area contributed by atoms with Crippen molar-refractivity contribution in [3.05, 3.63) is 0 Å². The highest BCUT2D eigenvalue weighted by Crippen LogP contribution is 1.98. The first kappa shape index (κ1) is 34.7. The van der Waals surface area contributed by atoms with E-state index >= 15 is 0 Å². The molecule has 0 saturated carbocycles. The van der Waals surface area contributed by atoms with Crippen molar-refractivity contribution >= 4 is 23.9 Å². The molecular weight excluding hydrogens is 510 g/mol. The minimum absolute atomic E-state index is 0.146. The standard InChI is InChI=1S/C26H49N5O8/c1-5-23(32)36-15-19-11-27-9-10-28-20(16-37-24(33)6-2)12-30-22(18-39-26(35)8-4)14-31-21(13-29-19)17-38-25(34)7-3/h19-22,27-31H,5-18H2,1-4H3/t19-,20+,21+,22-/m0/s1. The molecule has 226 valence electrons. The highest BCUT2D eigenvalue weighted by Gasteiger charge is 2.21. The summed E-state index contributed by atoms with van der Waals surface area (Å²) in [7, 11) is 0. The number of rotatable bonds is 12. The van der Waals surface area contributed by atoms with Gasteiger partial charge in [-0.25, -0.2) is 0 Å².